The Hall–Kier alpha value is -2.60. The van der Waals surface area contributed by atoms with Crippen LogP contribution < -0.4 is 9.80 Å². The van der Waals surface area contributed by atoms with Gasteiger partial charge in [0, 0.05) is 6.07 Å². The lowest BCUT2D eigenvalue weighted by Gasteiger charge is -2.27. The molecule has 1 aliphatic rings. The number of hydrogen-bond donors (Lipinski definition) is 1. The summed E-state index contributed by atoms with van der Waals surface area (Å²) in [6.45, 7) is 0. The van der Waals surface area contributed by atoms with Crippen LogP contribution in [0, 0.1) is 10.1 Å². The molecule has 3 rings (SSSR count). The van der Waals surface area contributed by atoms with Crippen molar-refractivity contribution in [3.8, 4) is 11.5 Å². The Morgan fingerprint density at radius 1 is 1.11 bits per heavy atom. The number of ether oxygens (including phenoxy) is 1. The van der Waals surface area contributed by atoms with Crippen molar-refractivity contribution in [2.45, 2.75) is 0 Å². The van der Waals surface area contributed by atoms with Crippen molar-refractivity contribution in [1.29, 1.82) is 0 Å². The molecule has 1 aliphatic heterocycles. The average Bonchev–Trinajstić information content (AvgIpc) is 2.38. The van der Waals surface area contributed by atoms with E-state index in [1.807, 2.05) is 0 Å². The molecule has 0 fully saturated rings. The van der Waals surface area contributed by atoms with Crippen LogP contribution in [0.25, 0.3) is 0 Å². The van der Waals surface area contributed by atoms with Crippen molar-refractivity contribution >= 4 is 17.1 Å². The van der Waals surface area contributed by atoms with Crippen molar-refractivity contribution in [3.63, 3.8) is 0 Å². The molecule has 2 aromatic carbocycles. The molecule has 18 heavy (non-hydrogen) atoms. The molecule has 0 saturated heterocycles. The van der Waals surface area contributed by atoms with Gasteiger partial charge >= 0.3 is 0 Å². The lowest BCUT2D eigenvalue weighted by Crippen LogP contribution is -2.16. The van der Waals surface area contributed by atoms with Crippen LogP contribution in [0.15, 0.2) is 42.5 Å². The van der Waals surface area contributed by atoms with Crippen molar-refractivity contribution in [3.05, 3.63) is 52.6 Å². The van der Waals surface area contributed by atoms with Crippen molar-refractivity contribution < 1.29 is 14.9 Å². The second-order valence-electron chi connectivity index (χ2n) is 3.79. The molecule has 0 radical (unpaired) electrons. The monoisotopic (exact) mass is 244 g/mol. The predicted molar refractivity (Wildman–Crippen MR) is 63.5 cm³/mol. The summed E-state index contributed by atoms with van der Waals surface area (Å²) < 4.78 is 5.53. The molecular formula is C12H8N2O4. The molecule has 0 aliphatic carbocycles. The number of fused-ring (bicyclic) bond motifs is 2. The van der Waals surface area contributed by atoms with Crippen LogP contribution in [0.3, 0.4) is 0 Å². The zero-order valence-corrected chi connectivity index (χ0v) is 9.11. The zero-order valence-electron chi connectivity index (χ0n) is 9.11. The molecule has 1 N–H and O–H groups in total. The summed E-state index contributed by atoms with van der Waals surface area (Å²) >= 11 is 0. The van der Waals surface area contributed by atoms with E-state index in [0.29, 0.717) is 17.1 Å². The summed E-state index contributed by atoms with van der Waals surface area (Å²) in [7, 11) is 0. The standard InChI is InChI=1S/C12H8N2O4/c15-13-9-3-1-2-4-11(9)18-12-7-8(14(16)17)5-6-10(12)13/h1-7,15H. The second-order valence-corrected chi connectivity index (χ2v) is 3.79. The normalized spacial score (nSPS) is 12.4. The van der Waals surface area contributed by atoms with Crippen LogP contribution in [0.2, 0.25) is 0 Å². The van der Waals surface area contributed by atoms with Gasteiger partial charge in [0.1, 0.15) is 11.4 Å². The molecule has 6 heteroatoms. The predicted octanol–water partition coefficient (Wildman–Crippen LogP) is 3.23. The maximum Gasteiger partial charge on any atom is 0.273 e. The van der Waals surface area contributed by atoms with E-state index < -0.39 is 4.92 Å². The van der Waals surface area contributed by atoms with Gasteiger partial charge in [-0.2, -0.15) is 0 Å². The smallest absolute Gasteiger partial charge is 0.273 e. The Morgan fingerprint density at radius 2 is 1.83 bits per heavy atom. The van der Waals surface area contributed by atoms with Gasteiger partial charge in [0.25, 0.3) is 5.69 Å². The van der Waals surface area contributed by atoms with Crippen LogP contribution >= 0.6 is 0 Å². The number of nitro groups is 1. The first-order valence-corrected chi connectivity index (χ1v) is 5.21. The van der Waals surface area contributed by atoms with E-state index >= 15 is 0 Å². The van der Waals surface area contributed by atoms with E-state index in [0.717, 1.165) is 5.06 Å². The summed E-state index contributed by atoms with van der Waals surface area (Å²) in [4.78, 5) is 10.2. The summed E-state index contributed by atoms with van der Waals surface area (Å²) in [6, 6.07) is 11.0. The molecule has 2 aromatic rings. The van der Waals surface area contributed by atoms with Gasteiger partial charge in [-0.05, 0) is 18.2 Å². The van der Waals surface area contributed by atoms with Gasteiger partial charge in [-0.3, -0.25) is 15.3 Å². The first kappa shape index (κ1) is 10.5. The lowest BCUT2D eigenvalue weighted by atomic mass is 10.2. The van der Waals surface area contributed by atoms with E-state index in [1.54, 1.807) is 24.3 Å². The van der Waals surface area contributed by atoms with E-state index in [-0.39, 0.29) is 11.4 Å². The minimum atomic E-state index is -0.508. The maximum atomic E-state index is 10.7. The molecule has 0 atom stereocenters. The van der Waals surface area contributed by atoms with Crippen molar-refractivity contribution in [2.24, 2.45) is 0 Å². The fourth-order valence-corrected chi connectivity index (χ4v) is 1.84. The molecule has 90 valence electrons. The highest BCUT2D eigenvalue weighted by molar-refractivity contribution is 5.76. The molecule has 6 nitrogen and oxygen atoms in total. The van der Waals surface area contributed by atoms with Crippen molar-refractivity contribution in [2.75, 3.05) is 5.06 Å². The number of anilines is 2. The molecule has 1 heterocycles. The lowest BCUT2D eigenvalue weighted by molar-refractivity contribution is -0.384. The average molecular weight is 244 g/mol. The van der Waals surface area contributed by atoms with Gasteiger partial charge in [0.2, 0.25) is 0 Å². The number of para-hydroxylation sites is 2. The SMILES string of the molecule is O=[N+]([O-])c1ccc2c(c1)Oc1ccccc1N2O. The third-order valence-corrected chi connectivity index (χ3v) is 2.70. The highest BCUT2D eigenvalue weighted by Gasteiger charge is 2.24. The number of benzene rings is 2. The first-order valence-electron chi connectivity index (χ1n) is 5.21. The molecule has 0 unspecified atom stereocenters. The Balaban J connectivity index is 2.13. The Bertz CT molecular complexity index is 642. The van der Waals surface area contributed by atoms with Gasteiger partial charge < -0.3 is 4.74 Å². The third kappa shape index (κ3) is 1.47. The minimum Gasteiger partial charge on any atom is -0.453 e. The van der Waals surface area contributed by atoms with E-state index in [1.165, 1.54) is 18.2 Å². The summed E-state index contributed by atoms with van der Waals surface area (Å²) in [5, 5.41) is 21.7. The largest absolute Gasteiger partial charge is 0.453 e. The quantitative estimate of drug-likeness (QED) is 0.615. The number of hydrogen-bond acceptors (Lipinski definition) is 5. The van der Waals surface area contributed by atoms with E-state index in [4.69, 9.17) is 4.74 Å². The topological polar surface area (TPSA) is 75.8 Å². The number of rotatable bonds is 1. The van der Waals surface area contributed by atoms with E-state index in [2.05, 4.69) is 0 Å². The van der Waals surface area contributed by atoms with Crippen LogP contribution in [-0.4, -0.2) is 10.1 Å². The Kier molecular flexibility index (Phi) is 2.17. The van der Waals surface area contributed by atoms with Gasteiger partial charge in [0.15, 0.2) is 11.5 Å². The highest BCUT2D eigenvalue weighted by Crippen LogP contribution is 2.46. The highest BCUT2D eigenvalue weighted by atomic mass is 16.6. The molecule has 0 amide bonds. The molecule has 0 spiro atoms. The van der Waals surface area contributed by atoms with Gasteiger partial charge in [-0.15, -0.1) is 0 Å². The fraction of sp³-hybridized carbons (Fsp3) is 0. The summed E-state index contributed by atoms with van der Waals surface area (Å²) in [5.41, 5.74) is 0.791. The molecule has 0 bridgehead atoms. The third-order valence-electron chi connectivity index (χ3n) is 2.70. The Labute approximate surface area is 102 Å². The fourth-order valence-electron chi connectivity index (χ4n) is 1.84. The number of non-ortho nitro benzene ring substituents is 1. The van der Waals surface area contributed by atoms with Gasteiger partial charge in [0.05, 0.1) is 11.0 Å². The number of nitrogens with zero attached hydrogens (tertiary/aromatic N) is 2. The molecule has 0 saturated carbocycles. The van der Waals surface area contributed by atoms with Crippen molar-refractivity contribution in [1.82, 2.24) is 0 Å². The van der Waals surface area contributed by atoms with Crippen LogP contribution in [0.4, 0.5) is 17.1 Å². The van der Waals surface area contributed by atoms with Crippen LogP contribution in [0.1, 0.15) is 0 Å². The second kappa shape index (κ2) is 3.71. The van der Waals surface area contributed by atoms with Gasteiger partial charge in [-0.1, -0.05) is 12.1 Å². The summed E-state index contributed by atoms with van der Waals surface area (Å²) in [5.74, 6) is 0.707. The minimum absolute atomic E-state index is 0.0819. The zero-order chi connectivity index (χ0) is 12.7. The maximum absolute atomic E-state index is 10.7. The van der Waals surface area contributed by atoms with E-state index in [9.17, 15) is 15.3 Å². The van der Waals surface area contributed by atoms with Gasteiger partial charge in [-0.25, -0.2) is 5.06 Å². The Morgan fingerprint density at radius 3 is 2.61 bits per heavy atom. The number of nitro benzene ring substituents is 1. The molecular weight excluding hydrogens is 236 g/mol. The van der Waals surface area contributed by atoms with Crippen LogP contribution in [0.5, 0.6) is 11.5 Å². The van der Waals surface area contributed by atoms with Crippen LogP contribution in [-0.2, 0) is 0 Å². The first-order chi connectivity index (χ1) is 8.66. The molecule has 0 aromatic heterocycles. The summed E-state index contributed by atoms with van der Waals surface area (Å²) in [6.07, 6.45) is 0.